The molecule has 2 aliphatic heterocycles. The van der Waals surface area contributed by atoms with Gasteiger partial charge in [0.25, 0.3) is 0 Å². The molecule has 1 saturated carbocycles. The zero-order chi connectivity index (χ0) is 17.5. The average molecular weight is 342 g/mol. The van der Waals surface area contributed by atoms with Crippen molar-refractivity contribution in [3.05, 3.63) is 30.1 Å². The van der Waals surface area contributed by atoms with Crippen LogP contribution in [0.2, 0.25) is 0 Å². The van der Waals surface area contributed by atoms with Gasteiger partial charge in [-0.25, -0.2) is 0 Å². The molecule has 1 aromatic heterocycles. The van der Waals surface area contributed by atoms with E-state index in [1.807, 2.05) is 28.1 Å². The van der Waals surface area contributed by atoms with Crippen molar-refractivity contribution >= 4 is 11.8 Å². The first kappa shape index (κ1) is 16.5. The third kappa shape index (κ3) is 3.27. The molecule has 6 nitrogen and oxygen atoms in total. The Morgan fingerprint density at radius 2 is 2.08 bits per heavy atom. The lowest BCUT2D eigenvalue weighted by molar-refractivity contribution is -0.144. The summed E-state index contributed by atoms with van der Waals surface area (Å²) in [5, 5.41) is 0. The highest BCUT2D eigenvalue weighted by molar-refractivity contribution is 5.89. The smallest absolute Gasteiger partial charge is 0.242 e. The molecule has 6 heteroatoms. The Hall–Kier alpha value is -1.95. The molecule has 2 saturated heterocycles. The number of carbonyl (C=O) groups excluding carboxylic acids is 2. The molecule has 1 unspecified atom stereocenters. The zero-order valence-electron chi connectivity index (χ0n) is 14.6. The van der Waals surface area contributed by atoms with Crippen molar-refractivity contribution in [1.82, 2.24) is 14.8 Å². The molecule has 1 spiro atoms. The molecule has 3 aliphatic rings. The first-order valence-corrected chi connectivity index (χ1v) is 9.25. The Kier molecular flexibility index (Phi) is 4.02. The van der Waals surface area contributed by atoms with E-state index in [9.17, 15) is 9.59 Å². The van der Waals surface area contributed by atoms with E-state index >= 15 is 0 Å². The summed E-state index contributed by atoms with van der Waals surface area (Å²) < 4.78 is 0. The summed E-state index contributed by atoms with van der Waals surface area (Å²) in [5.41, 5.74) is 6.60. The van der Waals surface area contributed by atoms with E-state index in [2.05, 4.69) is 4.98 Å². The van der Waals surface area contributed by atoms with Gasteiger partial charge < -0.3 is 15.5 Å². The van der Waals surface area contributed by atoms with Crippen molar-refractivity contribution in [1.29, 1.82) is 0 Å². The number of nitrogens with two attached hydrogens (primary N) is 1. The lowest BCUT2D eigenvalue weighted by atomic mass is 9.73. The Morgan fingerprint density at radius 3 is 2.80 bits per heavy atom. The average Bonchev–Trinajstić information content (AvgIpc) is 3.38. The molecule has 25 heavy (non-hydrogen) atoms. The first-order chi connectivity index (χ1) is 12.0. The number of pyridine rings is 1. The number of carbonyl (C=O) groups is 2. The van der Waals surface area contributed by atoms with Crippen molar-refractivity contribution in [3.63, 3.8) is 0 Å². The van der Waals surface area contributed by atoms with Gasteiger partial charge in [-0.3, -0.25) is 14.6 Å². The Balaban J connectivity index is 1.47. The van der Waals surface area contributed by atoms with Crippen molar-refractivity contribution < 1.29 is 9.59 Å². The van der Waals surface area contributed by atoms with Gasteiger partial charge in [-0.15, -0.1) is 0 Å². The topological polar surface area (TPSA) is 79.5 Å². The molecule has 1 atom stereocenters. The van der Waals surface area contributed by atoms with Crippen LogP contribution in [0.1, 0.15) is 44.1 Å². The fourth-order valence-electron chi connectivity index (χ4n) is 4.34. The number of aromatic nitrogens is 1. The van der Waals surface area contributed by atoms with E-state index in [1.54, 1.807) is 6.20 Å². The van der Waals surface area contributed by atoms with Crippen LogP contribution >= 0.6 is 0 Å². The first-order valence-electron chi connectivity index (χ1n) is 9.25. The number of hydrogen-bond acceptors (Lipinski definition) is 4. The normalized spacial score (nSPS) is 28.3. The van der Waals surface area contributed by atoms with Crippen LogP contribution in [0, 0.1) is 5.41 Å². The van der Waals surface area contributed by atoms with Gasteiger partial charge in [0.1, 0.15) is 0 Å². The van der Waals surface area contributed by atoms with E-state index in [0.29, 0.717) is 13.0 Å². The number of nitrogens with zero attached hydrogens (tertiary/aromatic N) is 3. The van der Waals surface area contributed by atoms with Gasteiger partial charge in [0.05, 0.1) is 5.54 Å². The van der Waals surface area contributed by atoms with Crippen molar-refractivity contribution in [2.24, 2.45) is 11.1 Å². The molecule has 1 aliphatic carbocycles. The van der Waals surface area contributed by atoms with Gasteiger partial charge in [0, 0.05) is 50.4 Å². The maximum Gasteiger partial charge on any atom is 0.242 e. The second kappa shape index (κ2) is 6.09. The fourth-order valence-corrected chi connectivity index (χ4v) is 4.34. The van der Waals surface area contributed by atoms with Crippen LogP contribution in [0.5, 0.6) is 0 Å². The third-order valence-corrected chi connectivity index (χ3v) is 6.01. The van der Waals surface area contributed by atoms with Crippen molar-refractivity contribution in [2.45, 2.75) is 50.6 Å². The minimum absolute atomic E-state index is 0.0231. The van der Waals surface area contributed by atoms with Gasteiger partial charge >= 0.3 is 0 Å². The lowest BCUT2D eigenvalue weighted by Gasteiger charge is -2.48. The maximum absolute atomic E-state index is 12.7. The molecule has 2 N–H and O–H groups in total. The second-order valence-electron chi connectivity index (χ2n) is 8.10. The minimum atomic E-state index is -0.599. The number of amides is 2. The van der Waals surface area contributed by atoms with E-state index in [4.69, 9.17) is 5.73 Å². The van der Waals surface area contributed by atoms with E-state index < -0.39 is 5.54 Å². The van der Waals surface area contributed by atoms with Gasteiger partial charge in [-0.05, 0) is 43.7 Å². The fraction of sp³-hybridized carbons (Fsp3) is 0.632. The van der Waals surface area contributed by atoms with Gasteiger partial charge in [-0.1, -0.05) is 6.07 Å². The molecule has 1 aromatic rings. The number of rotatable bonds is 3. The highest BCUT2D eigenvalue weighted by atomic mass is 16.2. The predicted molar refractivity (Wildman–Crippen MR) is 93.3 cm³/mol. The van der Waals surface area contributed by atoms with Crippen LogP contribution in [0.15, 0.2) is 24.5 Å². The molecule has 0 radical (unpaired) electrons. The van der Waals surface area contributed by atoms with Gasteiger partial charge in [0.15, 0.2) is 0 Å². The number of hydrogen-bond donors (Lipinski definition) is 1. The molecular weight excluding hydrogens is 316 g/mol. The van der Waals surface area contributed by atoms with Crippen LogP contribution in [0.4, 0.5) is 0 Å². The number of likely N-dealkylation sites (tertiary alicyclic amines) is 2. The Morgan fingerprint density at radius 1 is 1.24 bits per heavy atom. The van der Waals surface area contributed by atoms with E-state index in [1.165, 1.54) is 0 Å². The lowest BCUT2D eigenvalue weighted by Crippen LogP contribution is -2.57. The summed E-state index contributed by atoms with van der Waals surface area (Å²) in [6.07, 6.45) is 8.68. The predicted octanol–water partition coefficient (Wildman–Crippen LogP) is 1.30. The molecule has 3 fully saturated rings. The second-order valence-corrected chi connectivity index (χ2v) is 8.10. The highest BCUT2D eigenvalue weighted by Crippen LogP contribution is 2.42. The monoisotopic (exact) mass is 342 g/mol. The third-order valence-electron chi connectivity index (χ3n) is 6.01. The maximum atomic E-state index is 12.7. The molecule has 134 valence electrons. The SMILES string of the molecule is NC1(C(=O)N2CCCC3(CCC(=O)N(Cc4cccnc4)C3)C2)CC1. The summed E-state index contributed by atoms with van der Waals surface area (Å²) in [7, 11) is 0. The molecular formula is C19H26N4O2. The van der Waals surface area contributed by atoms with Crippen LogP contribution in [0.3, 0.4) is 0 Å². The Bertz CT molecular complexity index is 673. The zero-order valence-corrected chi connectivity index (χ0v) is 14.6. The quantitative estimate of drug-likeness (QED) is 0.898. The summed E-state index contributed by atoms with van der Waals surface area (Å²) in [4.78, 5) is 33.1. The van der Waals surface area contributed by atoms with Crippen LogP contribution in [-0.4, -0.2) is 51.8 Å². The molecule has 3 heterocycles. The summed E-state index contributed by atoms with van der Waals surface area (Å²) >= 11 is 0. The van der Waals surface area contributed by atoms with E-state index in [-0.39, 0.29) is 17.2 Å². The van der Waals surface area contributed by atoms with Crippen LogP contribution in [0.25, 0.3) is 0 Å². The van der Waals surface area contributed by atoms with Gasteiger partial charge in [0.2, 0.25) is 11.8 Å². The summed E-state index contributed by atoms with van der Waals surface area (Å²) in [5.74, 6) is 0.317. The van der Waals surface area contributed by atoms with Crippen molar-refractivity contribution in [3.8, 4) is 0 Å². The summed E-state index contributed by atoms with van der Waals surface area (Å²) in [6, 6.07) is 3.90. The molecule has 4 rings (SSSR count). The Labute approximate surface area is 148 Å². The van der Waals surface area contributed by atoms with Crippen molar-refractivity contribution in [2.75, 3.05) is 19.6 Å². The molecule has 0 bridgehead atoms. The largest absolute Gasteiger partial charge is 0.340 e. The van der Waals surface area contributed by atoms with Crippen LogP contribution in [-0.2, 0) is 16.1 Å². The standard InChI is InChI=1S/C19H26N4O2/c20-19(7-8-19)17(25)22-10-2-5-18(13-22)6-4-16(24)23(14-18)12-15-3-1-9-21-11-15/h1,3,9,11H,2,4-8,10,12-14,20H2. The molecule has 2 amide bonds. The molecule has 0 aromatic carbocycles. The van der Waals surface area contributed by atoms with Crippen LogP contribution < -0.4 is 5.73 Å². The van der Waals surface area contributed by atoms with Gasteiger partial charge in [-0.2, -0.15) is 0 Å². The highest BCUT2D eigenvalue weighted by Gasteiger charge is 2.51. The number of piperidine rings is 2. The summed E-state index contributed by atoms with van der Waals surface area (Å²) in [6.45, 7) is 2.86. The van der Waals surface area contributed by atoms with E-state index in [0.717, 1.165) is 57.3 Å². The minimum Gasteiger partial charge on any atom is -0.340 e.